The molecule has 8 rings (SSSR count). The smallest absolute Gasteiger partial charge is 0.327 e. The van der Waals surface area contributed by atoms with Crippen LogP contribution in [0.5, 0.6) is 11.5 Å². The number of hydrogen-bond acceptors (Lipinski definition) is 10. The summed E-state index contributed by atoms with van der Waals surface area (Å²) in [5.41, 5.74) is 6.56. The van der Waals surface area contributed by atoms with Gasteiger partial charge < -0.3 is 30.7 Å². The number of benzene rings is 4. The number of likely N-dealkylation sites (tertiary alicyclic amines) is 2. The Kier molecular flexibility index (Phi) is 18.6. The van der Waals surface area contributed by atoms with E-state index >= 15 is 0 Å². The molecule has 2 fully saturated rings. The van der Waals surface area contributed by atoms with Gasteiger partial charge in [0, 0.05) is 24.5 Å². The second-order valence-corrected chi connectivity index (χ2v) is 17.0. The third kappa shape index (κ3) is 13.8. The number of nitrogens with zero attached hydrogens (tertiary/aromatic N) is 4. The Morgan fingerprint density at radius 2 is 1.00 bits per heavy atom. The number of ether oxygens (including phenoxy) is 2. The van der Waals surface area contributed by atoms with Gasteiger partial charge in [-0.15, -0.1) is 0 Å². The van der Waals surface area contributed by atoms with Crippen LogP contribution in [-0.2, 0) is 22.7 Å². The number of nitrogens with one attached hydrogen (secondary N) is 6. The van der Waals surface area contributed by atoms with E-state index in [1.54, 1.807) is 47.9 Å². The number of carbonyl (C=O) groups is 2. The van der Waals surface area contributed by atoms with E-state index < -0.39 is 0 Å². The molecule has 2 amide bonds. The first-order chi connectivity index (χ1) is 33.9. The van der Waals surface area contributed by atoms with Gasteiger partial charge in [-0.05, 0) is 149 Å². The quantitative estimate of drug-likeness (QED) is 0.0454. The highest BCUT2D eigenvalue weighted by atomic mass is 16.5. The minimum atomic E-state index is -0.282. The summed E-state index contributed by atoms with van der Waals surface area (Å²) in [4.78, 5) is 59.3. The van der Waals surface area contributed by atoms with Crippen LogP contribution in [0, 0.1) is 0 Å². The third-order valence-electron chi connectivity index (χ3n) is 12.2. The molecule has 2 aliphatic heterocycles. The lowest BCUT2D eigenvalue weighted by molar-refractivity contribution is -0.112. The number of methoxy groups -OCH3 is 2. The van der Waals surface area contributed by atoms with E-state index in [0.29, 0.717) is 23.0 Å². The summed E-state index contributed by atoms with van der Waals surface area (Å²) in [6, 6.07) is 26.5. The van der Waals surface area contributed by atoms with Crippen molar-refractivity contribution >= 4 is 46.2 Å². The first-order valence-electron chi connectivity index (χ1n) is 23.9. The molecule has 4 heterocycles. The molecule has 2 atom stereocenters. The van der Waals surface area contributed by atoms with Crippen molar-refractivity contribution in [3.05, 3.63) is 166 Å². The summed E-state index contributed by atoms with van der Waals surface area (Å²) in [5, 5.41) is 12.0. The third-order valence-corrected chi connectivity index (χ3v) is 12.2. The Bertz CT molecular complexity index is 2640. The molecule has 6 aromatic rings. The number of aromatic amines is 2. The first kappa shape index (κ1) is 51.8. The fraction of sp³-hybridized carbons (Fsp3) is 0.333. The minimum Gasteiger partial charge on any atom is -0.495 e. The van der Waals surface area contributed by atoms with E-state index in [9.17, 15) is 19.2 Å². The summed E-state index contributed by atoms with van der Waals surface area (Å²) < 4.78 is 14.5. The molecular formula is C54H68N10O6. The minimum absolute atomic E-state index is 0.236. The SMILES string of the molecule is C=CC(=O)Nc1cccc(C(C)n2cc(Nc3ccc(CN4CCCC4)cc3OC)[nH]c2=O)c1.C=CC(=O)Nc1cccc([C@@H](C)n2cc(Nc3ccc(CN4CCCC4)cc3OC)[nH]c2=O)c1.CC. The van der Waals surface area contributed by atoms with Crippen molar-refractivity contribution in [2.24, 2.45) is 0 Å². The molecule has 0 bridgehead atoms. The highest BCUT2D eigenvalue weighted by molar-refractivity contribution is 5.99. The number of anilines is 6. The number of hydrogen-bond donors (Lipinski definition) is 6. The molecule has 0 saturated carbocycles. The van der Waals surface area contributed by atoms with E-state index in [-0.39, 0.29) is 35.3 Å². The largest absolute Gasteiger partial charge is 0.495 e. The Morgan fingerprint density at radius 3 is 1.36 bits per heavy atom. The fourth-order valence-electron chi connectivity index (χ4n) is 8.54. The molecule has 6 N–H and O–H groups in total. The normalized spacial score (nSPS) is 14.2. The summed E-state index contributed by atoms with van der Waals surface area (Å²) in [7, 11) is 3.29. The number of H-pyrrole nitrogens is 2. The maximum atomic E-state index is 12.7. The zero-order chi connectivity index (χ0) is 50.2. The molecule has 0 aliphatic carbocycles. The molecule has 2 aromatic heterocycles. The van der Waals surface area contributed by atoms with Crippen molar-refractivity contribution in [3.63, 3.8) is 0 Å². The molecular weight excluding hydrogens is 885 g/mol. The topological polar surface area (TPSA) is 183 Å². The van der Waals surface area contributed by atoms with E-state index in [4.69, 9.17) is 9.47 Å². The Morgan fingerprint density at radius 1 is 0.614 bits per heavy atom. The Labute approximate surface area is 410 Å². The summed E-state index contributed by atoms with van der Waals surface area (Å²) in [5.74, 6) is 2.02. The Hall–Kier alpha value is -7.56. The van der Waals surface area contributed by atoms with Crippen molar-refractivity contribution in [2.45, 2.75) is 78.6 Å². The number of imidazole rings is 2. The molecule has 16 heteroatoms. The number of carbonyl (C=O) groups excluding carboxylic acids is 2. The number of aromatic nitrogens is 4. The van der Waals surface area contributed by atoms with Crippen molar-refractivity contribution in [1.82, 2.24) is 28.9 Å². The highest BCUT2D eigenvalue weighted by Crippen LogP contribution is 2.32. The van der Waals surface area contributed by atoms with Crippen LogP contribution in [-0.4, -0.2) is 81.1 Å². The van der Waals surface area contributed by atoms with Crippen LogP contribution in [0.15, 0.2) is 132 Å². The van der Waals surface area contributed by atoms with Gasteiger partial charge in [-0.2, -0.15) is 0 Å². The molecule has 0 radical (unpaired) electrons. The molecule has 2 aliphatic rings. The average molecular weight is 953 g/mol. The van der Waals surface area contributed by atoms with Crippen LogP contribution in [0.3, 0.4) is 0 Å². The monoisotopic (exact) mass is 953 g/mol. The maximum absolute atomic E-state index is 12.7. The molecule has 70 heavy (non-hydrogen) atoms. The molecule has 2 saturated heterocycles. The van der Waals surface area contributed by atoms with Crippen molar-refractivity contribution in [1.29, 1.82) is 0 Å². The van der Waals surface area contributed by atoms with Gasteiger partial charge >= 0.3 is 11.4 Å². The van der Waals surface area contributed by atoms with Crippen LogP contribution in [0.2, 0.25) is 0 Å². The molecule has 370 valence electrons. The van der Waals surface area contributed by atoms with Crippen LogP contribution in [0.25, 0.3) is 0 Å². The summed E-state index contributed by atoms with van der Waals surface area (Å²) in [6.45, 7) is 21.2. The zero-order valence-electron chi connectivity index (χ0n) is 41.3. The molecule has 0 spiro atoms. The van der Waals surface area contributed by atoms with Crippen LogP contribution < -0.4 is 42.1 Å². The van der Waals surface area contributed by atoms with Gasteiger partial charge in [0.05, 0.1) is 50.1 Å². The fourth-order valence-corrected chi connectivity index (χ4v) is 8.54. The van der Waals surface area contributed by atoms with Gasteiger partial charge in [-0.25, -0.2) is 9.59 Å². The molecule has 16 nitrogen and oxygen atoms in total. The van der Waals surface area contributed by atoms with E-state index in [1.807, 2.05) is 88.4 Å². The standard InChI is InChI=1S/2C26H31N5O3.C2H6/c2*1-4-25(32)27-21-9-7-8-20(15-21)18(2)31-17-24(29-26(31)33)28-22-11-10-19(14-23(22)34-3)16-30-12-5-6-13-30;1-2/h2*4,7-11,14-15,17-18,28H,1,5-6,12-13,16H2,2-3H3,(H,27,32)(H,29,33);1-2H3/t18-;;/m1../s1. The number of amides is 2. The first-order valence-corrected chi connectivity index (χ1v) is 23.9. The van der Waals surface area contributed by atoms with E-state index in [0.717, 1.165) is 73.3 Å². The van der Waals surface area contributed by atoms with Gasteiger partial charge in [0.1, 0.15) is 23.1 Å². The summed E-state index contributed by atoms with van der Waals surface area (Å²) in [6.07, 6.45) is 11.0. The molecule has 4 aromatic carbocycles. The van der Waals surface area contributed by atoms with E-state index in [2.05, 4.69) is 66.3 Å². The highest BCUT2D eigenvalue weighted by Gasteiger charge is 2.19. The van der Waals surface area contributed by atoms with Gasteiger partial charge in [0.25, 0.3) is 0 Å². The van der Waals surface area contributed by atoms with Crippen LogP contribution in [0.1, 0.15) is 87.7 Å². The predicted molar refractivity (Wildman–Crippen MR) is 281 cm³/mol. The van der Waals surface area contributed by atoms with Crippen molar-refractivity contribution in [3.8, 4) is 11.5 Å². The van der Waals surface area contributed by atoms with Crippen molar-refractivity contribution in [2.75, 3.05) is 61.7 Å². The predicted octanol–water partition coefficient (Wildman–Crippen LogP) is 9.54. The number of rotatable bonds is 18. The lowest BCUT2D eigenvalue weighted by atomic mass is 10.1. The second kappa shape index (κ2) is 25.2. The van der Waals surface area contributed by atoms with E-state index in [1.165, 1.54) is 49.0 Å². The molecule has 1 unspecified atom stereocenters. The van der Waals surface area contributed by atoms with Crippen LogP contribution >= 0.6 is 0 Å². The maximum Gasteiger partial charge on any atom is 0.327 e. The lowest BCUT2D eigenvalue weighted by Crippen LogP contribution is -2.20. The van der Waals surface area contributed by atoms with Gasteiger partial charge in [-0.3, -0.25) is 38.5 Å². The van der Waals surface area contributed by atoms with Gasteiger partial charge in [0.15, 0.2) is 0 Å². The zero-order valence-corrected chi connectivity index (χ0v) is 41.3. The average Bonchev–Trinajstić information content (AvgIpc) is 4.23. The lowest BCUT2D eigenvalue weighted by Gasteiger charge is -2.17. The van der Waals surface area contributed by atoms with Gasteiger partial charge in [-0.1, -0.05) is 63.4 Å². The summed E-state index contributed by atoms with van der Waals surface area (Å²) >= 11 is 0. The van der Waals surface area contributed by atoms with Gasteiger partial charge in [0.2, 0.25) is 11.8 Å². The Balaban J connectivity index is 0.000000222. The van der Waals surface area contributed by atoms with Crippen molar-refractivity contribution < 1.29 is 19.1 Å². The van der Waals surface area contributed by atoms with Crippen LogP contribution in [0.4, 0.5) is 34.4 Å². The second-order valence-electron chi connectivity index (χ2n) is 17.0.